The predicted molar refractivity (Wildman–Crippen MR) is 59.4 cm³/mol. The molecule has 0 atom stereocenters. The summed E-state index contributed by atoms with van der Waals surface area (Å²) >= 11 is 5.92. The van der Waals surface area contributed by atoms with Gasteiger partial charge in [0.25, 0.3) is 0 Å². The maximum absolute atomic E-state index is 10.3. The Balaban J connectivity index is 2.38. The van der Waals surface area contributed by atoms with Gasteiger partial charge in [-0.2, -0.15) is 0 Å². The van der Waals surface area contributed by atoms with Crippen LogP contribution in [-0.2, 0) is 5.60 Å². The van der Waals surface area contributed by atoms with Crippen molar-refractivity contribution in [3.8, 4) is 5.75 Å². The average molecular weight is 228 g/mol. The minimum atomic E-state index is -0.814. The summed E-state index contributed by atoms with van der Waals surface area (Å²) in [7, 11) is 3.56. The zero-order valence-electron chi connectivity index (χ0n) is 8.83. The van der Waals surface area contributed by atoms with Crippen LogP contribution in [0.15, 0.2) is 18.2 Å². The van der Waals surface area contributed by atoms with Crippen LogP contribution in [0.3, 0.4) is 0 Å². The SMILES string of the molecule is COc1ccc(Cl)cc1C1(O)CN(C)C1. The van der Waals surface area contributed by atoms with Crippen LogP contribution in [0, 0.1) is 0 Å². The van der Waals surface area contributed by atoms with E-state index in [1.54, 1.807) is 25.3 Å². The van der Waals surface area contributed by atoms with Gasteiger partial charge in [0.15, 0.2) is 0 Å². The lowest BCUT2D eigenvalue weighted by Crippen LogP contribution is -2.57. The number of hydrogen-bond acceptors (Lipinski definition) is 3. The van der Waals surface area contributed by atoms with E-state index >= 15 is 0 Å². The van der Waals surface area contributed by atoms with Crippen molar-refractivity contribution < 1.29 is 9.84 Å². The molecule has 0 radical (unpaired) electrons. The molecule has 1 heterocycles. The van der Waals surface area contributed by atoms with Crippen molar-refractivity contribution in [2.45, 2.75) is 5.60 Å². The zero-order chi connectivity index (χ0) is 11.1. The average Bonchev–Trinajstić information content (AvgIpc) is 2.15. The Morgan fingerprint density at radius 3 is 2.67 bits per heavy atom. The van der Waals surface area contributed by atoms with Crippen LogP contribution in [0.5, 0.6) is 5.75 Å². The summed E-state index contributed by atoms with van der Waals surface area (Å²) in [6, 6.07) is 5.32. The highest BCUT2D eigenvalue weighted by Gasteiger charge is 2.42. The first kappa shape index (κ1) is 10.7. The summed E-state index contributed by atoms with van der Waals surface area (Å²) in [6.45, 7) is 1.23. The van der Waals surface area contributed by atoms with Gasteiger partial charge in [0, 0.05) is 23.7 Å². The topological polar surface area (TPSA) is 32.7 Å². The van der Waals surface area contributed by atoms with E-state index in [1.165, 1.54) is 0 Å². The standard InChI is InChI=1S/C11H14ClNO2/c1-13-6-11(14,7-13)9-5-8(12)3-4-10(9)15-2/h3-5,14H,6-7H2,1-2H3. The highest BCUT2D eigenvalue weighted by atomic mass is 35.5. The van der Waals surface area contributed by atoms with Crippen molar-refractivity contribution >= 4 is 11.6 Å². The first-order valence-corrected chi connectivity index (χ1v) is 5.18. The second-order valence-electron chi connectivity index (χ2n) is 4.05. The third-order valence-corrected chi connectivity index (χ3v) is 2.96. The number of β-amino-alcohol motifs (C(OH)–C–C–N with tert-alkyl or cyclic N) is 1. The van der Waals surface area contributed by atoms with Crippen LogP contribution in [0.25, 0.3) is 0 Å². The van der Waals surface area contributed by atoms with Gasteiger partial charge >= 0.3 is 0 Å². The summed E-state index contributed by atoms with van der Waals surface area (Å²) in [5.74, 6) is 0.690. The van der Waals surface area contributed by atoms with Crippen molar-refractivity contribution in [3.63, 3.8) is 0 Å². The molecule has 1 aromatic rings. The Morgan fingerprint density at radius 2 is 2.13 bits per heavy atom. The number of likely N-dealkylation sites (N-methyl/N-ethyl adjacent to an activating group) is 1. The van der Waals surface area contributed by atoms with Crippen LogP contribution >= 0.6 is 11.6 Å². The number of ether oxygens (including phenoxy) is 1. The van der Waals surface area contributed by atoms with Gasteiger partial charge in [0.1, 0.15) is 11.4 Å². The van der Waals surface area contributed by atoms with E-state index in [9.17, 15) is 5.11 Å². The summed E-state index contributed by atoms with van der Waals surface area (Å²) in [5.41, 5.74) is -0.0408. The number of aliphatic hydroxyl groups is 1. The van der Waals surface area contributed by atoms with Crippen molar-refractivity contribution in [2.24, 2.45) is 0 Å². The molecule has 82 valence electrons. The Bertz CT molecular complexity index is 375. The molecule has 1 aliphatic heterocycles. The van der Waals surface area contributed by atoms with E-state index in [0.29, 0.717) is 23.9 Å². The molecule has 0 amide bonds. The quantitative estimate of drug-likeness (QED) is 0.831. The molecule has 2 rings (SSSR count). The van der Waals surface area contributed by atoms with Crippen molar-refractivity contribution in [3.05, 3.63) is 28.8 Å². The van der Waals surface area contributed by atoms with Gasteiger partial charge < -0.3 is 9.84 Å². The van der Waals surface area contributed by atoms with Crippen molar-refractivity contribution in [2.75, 3.05) is 27.2 Å². The highest BCUT2D eigenvalue weighted by molar-refractivity contribution is 6.30. The lowest BCUT2D eigenvalue weighted by molar-refractivity contribution is -0.0930. The maximum Gasteiger partial charge on any atom is 0.125 e. The Kier molecular flexibility index (Phi) is 2.63. The third-order valence-electron chi connectivity index (χ3n) is 2.73. The molecule has 0 spiro atoms. The largest absolute Gasteiger partial charge is 0.496 e. The monoisotopic (exact) mass is 227 g/mol. The van der Waals surface area contributed by atoms with Gasteiger partial charge in [-0.15, -0.1) is 0 Å². The number of likely N-dealkylation sites (tertiary alicyclic amines) is 1. The van der Waals surface area contributed by atoms with Gasteiger partial charge in [0.2, 0.25) is 0 Å². The van der Waals surface area contributed by atoms with Crippen LogP contribution in [0.2, 0.25) is 5.02 Å². The molecule has 0 saturated carbocycles. The minimum absolute atomic E-state index is 0.615. The number of halogens is 1. The molecular formula is C11H14ClNO2. The molecule has 4 heteroatoms. The number of methoxy groups -OCH3 is 1. The second-order valence-corrected chi connectivity index (χ2v) is 4.48. The lowest BCUT2D eigenvalue weighted by Gasteiger charge is -2.45. The molecule has 0 aromatic heterocycles. The first-order valence-electron chi connectivity index (χ1n) is 4.80. The molecule has 1 N–H and O–H groups in total. The smallest absolute Gasteiger partial charge is 0.125 e. The molecule has 0 bridgehead atoms. The summed E-state index contributed by atoms with van der Waals surface area (Å²) in [6.07, 6.45) is 0. The van der Waals surface area contributed by atoms with Crippen LogP contribution in [-0.4, -0.2) is 37.3 Å². The highest BCUT2D eigenvalue weighted by Crippen LogP contribution is 2.37. The van der Waals surface area contributed by atoms with Gasteiger partial charge in [0.05, 0.1) is 7.11 Å². The van der Waals surface area contributed by atoms with Crippen molar-refractivity contribution in [1.29, 1.82) is 0 Å². The number of benzene rings is 1. The number of hydrogen-bond donors (Lipinski definition) is 1. The lowest BCUT2D eigenvalue weighted by atomic mass is 9.86. The third kappa shape index (κ3) is 1.83. The van der Waals surface area contributed by atoms with E-state index in [-0.39, 0.29) is 0 Å². The van der Waals surface area contributed by atoms with E-state index in [2.05, 4.69) is 0 Å². The number of rotatable bonds is 2. The van der Waals surface area contributed by atoms with Gasteiger partial charge in [-0.3, -0.25) is 4.90 Å². The zero-order valence-corrected chi connectivity index (χ0v) is 9.58. The molecule has 1 fully saturated rings. The minimum Gasteiger partial charge on any atom is -0.496 e. The summed E-state index contributed by atoms with van der Waals surface area (Å²) in [4.78, 5) is 2.04. The normalized spacial score (nSPS) is 19.7. The molecule has 3 nitrogen and oxygen atoms in total. The fourth-order valence-electron chi connectivity index (χ4n) is 2.06. The van der Waals surface area contributed by atoms with Gasteiger partial charge in [-0.05, 0) is 25.2 Å². The van der Waals surface area contributed by atoms with Gasteiger partial charge in [-0.25, -0.2) is 0 Å². The summed E-state index contributed by atoms with van der Waals surface area (Å²) in [5, 5.41) is 10.9. The predicted octanol–water partition coefficient (Wildman–Crippen LogP) is 1.48. The van der Waals surface area contributed by atoms with E-state index in [4.69, 9.17) is 16.3 Å². The number of nitrogens with zero attached hydrogens (tertiary/aromatic N) is 1. The van der Waals surface area contributed by atoms with Crippen LogP contribution in [0.1, 0.15) is 5.56 Å². The second kappa shape index (κ2) is 3.67. The molecule has 1 aliphatic rings. The molecule has 1 saturated heterocycles. The maximum atomic E-state index is 10.3. The fraction of sp³-hybridized carbons (Fsp3) is 0.455. The van der Waals surface area contributed by atoms with E-state index in [1.807, 2.05) is 11.9 Å². The first-order chi connectivity index (χ1) is 7.05. The Morgan fingerprint density at radius 1 is 1.47 bits per heavy atom. The molecule has 15 heavy (non-hydrogen) atoms. The fourth-order valence-corrected chi connectivity index (χ4v) is 2.23. The van der Waals surface area contributed by atoms with E-state index in [0.717, 1.165) is 5.56 Å². The molecule has 0 aliphatic carbocycles. The van der Waals surface area contributed by atoms with Gasteiger partial charge in [-0.1, -0.05) is 11.6 Å². The van der Waals surface area contributed by atoms with Crippen molar-refractivity contribution in [1.82, 2.24) is 4.90 Å². The Hall–Kier alpha value is -0.770. The molecule has 0 unspecified atom stereocenters. The molecule has 1 aromatic carbocycles. The van der Waals surface area contributed by atoms with Crippen LogP contribution in [0.4, 0.5) is 0 Å². The summed E-state index contributed by atoms with van der Waals surface area (Å²) < 4.78 is 5.22. The van der Waals surface area contributed by atoms with Crippen LogP contribution < -0.4 is 4.74 Å². The molecular weight excluding hydrogens is 214 g/mol. The van der Waals surface area contributed by atoms with E-state index < -0.39 is 5.60 Å². The Labute approximate surface area is 94.2 Å².